The quantitative estimate of drug-likeness (QED) is 0.754. The first kappa shape index (κ1) is 17.6. The summed E-state index contributed by atoms with van der Waals surface area (Å²) in [6, 6.07) is 5.04. The minimum Gasteiger partial charge on any atom is -0.326 e. The first-order valence-corrected chi connectivity index (χ1v) is 7.03. The van der Waals surface area contributed by atoms with Gasteiger partial charge in [0.2, 0.25) is 11.8 Å². The van der Waals surface area contributed by atoms with Crippen molar-refractivity contribution in [3.8, 4) is 0 Å². The maximum absolute atomic E-state index is 11.6. The summed E-state index contributed by atoms with van der Waals surface area (Å²) in [5, 5.41) is 5.31. The molecule has 0 aliphatic heterocycles. The summed E-state index contributed by atoms with van der Waals surface area (Å²) in [6.07, 6.45) is 0.310. The number of rotatable bonds is 7. The van der Waals surface area contributed by atoms with E-state index in [1.807, 2.05) is 6.92 Å². The van der Waals surface area contributed by atoms with Gasteiger partial charge in [-0.1, -0.05) is 6.92 Å². The lowest BCUT2D eigenvalue weighted by Gasteiger charge is -2.12. The zero-order valence-electron chi connectivity index (χ0n) is 13.0. The summed E-state index contributed by atoms with van der Waals surface area (Å²) in [5.41, 5.74) is 2.00. The predicted octanol–water partition coefficient (Wildman–Crippen LogP) is 2.08. The van der Waals surface area contributed by atoms with Gasteiger partial charge in [0.15, 0.2) is 0 Å². The van der Waals surface area contributed by atoms with Crippen molar-refractivity contribution < 1.29 is 19.2 Å². The molecule has 0 fully saturated rings. The number of hydrogen-bond donors (Lipinski definition) is 2. The van der Waals surface area contributed by atoms with E-state index in [9.17, 15) is 19.2 Å². The highest BCUT2D eigenvalue weighted by molar-refractivity contribution is 6.05. The molecular formula is C16H20N2O4. The van der Waals surface area contributed by atoms with Crippen molar-refractivity contribution in [1.82, 2.24) is 0 Å². The number of carbonyl (C=O) groups is 4. The van der Waals surface area contributed by atoms with E-state index in [0.717, 1.165) is 5.56 Å². The second-order valence-corrected chi connectivity index (χ2v) is 5.08. The number of ketones is 2. The van der Waals surface area contributed by atoms with Gasteiger partial charge in [-0.3, -0.25) is 19.2 Å². The number of anilines is 2. The van der Waals surface area contributed by atoms with Gasteiger partial charge in [0.25, 0.3) is 0 Å². The third-order valence-corrected chi connectivity index (χ3v) is 2.86. The standard InChI is InChI=1S/C16H20N2O4/c1-4-12-9-13(17-15(21)7-10(2)19)5-6-14(12)18-16(22)8-11(3)20/h5-6,9H,4,7-8H2,1-3H3,(H,17,21)(H,18,22). The van der Waals surface area contributed by atoms with Crippen molar-refractivity contribution in [2.45, 2.75) is 40.0 Å². The molecule has 0 aliphatic carbocycles. The number of nitrogens with one attached hydrogen (secondary N) is 2. The molecule has 0 aromatic heterocycles. The number of amides is 2. The van der Waals surface area contributed by atoms with E-state index in [0.29, 0.717) is 17.8 Å². The largest absolute Gasteiger partial charge is 0.326 e. The predicted molar refractivity (Wildman–Crippen MR) is 83.7 cm³/mol. The molecule has 118 valence electrons. The Kier molecular flexibility index (Phi) is 6.44. The molecule has 0 saturated carbocycles. The molecule has 0 unspecified atom stereocenters. The maximum Gasteiger partial charge on any atom is 0.231 e. The minimum absolute atomic E-state index is 0.166. The van der Waals surface area contributed by atoms with Crippen LogP contribution in [0, 0.1) is 0 Å². The van der Waals surface area contributed by atoms with E-state index in [1.165, 1.54) is 13.8 Å². The van der Waals surface area contributed by atoms with Gasteiger partial charge in [-0.05, 0) is 44.0 Å². The van der Waals surface area contributed by atoms with Crippen molar-refractivity contribution in [3.63, 3.8) is 0 Å². The van der Waals surface area contributed by atoms with Crippen LogP contribution in [-0.2, 0) is 25.6 Å². The first-order valence-electron chi connectivity index (χ1n) is 7.03. The molecule has 2 amide bonds. The van der Waals surface area contributed by atoms with E-state index in [1.54, 1.807) is 18.2 Å². The van der Waals surface area contributed by atoms with Gasteiger partial charge in [-0.25, -0.2) is 0 Å². The summed E-state index contributed by atoms with van der Waals surface area (Å²) >= 11 is 0. The Labute approximate surface area is 129 Å². The molecule has 0 bridgehead atoms. The van der Waals surface area contributed by atoms with Crippen LogP contribution in [0.2, 0.25) is 0 Å². The van der Waals surface area contributed by atoms with Gasteiger partial charge < -0.3 is 10.6 Å². The fourth-order valence-electron chi connectivity index (χ4n) is 1.94. The van der Waals surface area contributed by atoms with E-state index in [4.69, 9.17) is 0 Å². The number of benzene rings is 1. The average Bonchev–Trinajstić information content (AvgIpc) is 2.38. The van der Waals surface area contributed by atoms with Crippen molar-refractivity contribution in [1.29, 1.82) is 0 Å². The Morgan fingerprint density at radius 1 is 0.909 bits per heavy atom. The number of carbonyl (C=O) groups excluding carboxylic acids is 4. The molecule has 2 N–H and O–H groups in total. The molecule has 0 aliphatic rings. The molecule has 0 heterocycles. The van der Waals surface area contributed by atoms with Crippen molar-refractivity contribution in [2.75, 3.05) is 10.6 Å². The van der Waals surface area contributed by atoms with E-state index in [-0.39, 0.29) is 36.2 Å². The molecule has 1 rings (SSSR count). The second-order valence-electron chi connectivity index (χ2n) is 5.08. The maximum atomic E-state index is 11.6. The average molecular weight is 304 g/mol. The lowest BCUT2D eigenvalue weighted by Crippen LogP contribution is -2.17. The molecule has 0 atom stereocenters. The van der Waals surface area contributed by atoms with Crippen LogP contribution >= 0.6 is 0 Å². The molecule has 0 radical (unpaired) electrons. The lowest BCUT2D eigenvalue weighted by atomic mass is 10.1. The topological polar surface area (TPSA) is 92.3 Å². The Hall–Kier alpha value is -2.50. The Bertz CT molecular complexity index is 608. The molecule has 1 aromatic carbocycles. The molecule has 6 nitrogen and oxygen atoms in total. The Balaban J connectivity index is 2.82. The molecular weight excluding hydrogens is 284 g/mol. The molecule has 22 heavy (non-hydrogen) atoms. The fraction of sp³-hybridized carbons (Fsp3) is 0.375. The monoisotopic (exact) mass is 304 g/mol. The van der Waals surface area contributed by atoms with Crippen LogP contribution in [0.4, 0.5) is 11.4 Å². The van der Waals surface area contributed by atoms with Gasteiger partial charge in [-0.15, -0.1) is 0 Å². The highest BCUT2D eigenvalue weighted by Crippen LogP contribution is 2.21. The van der Waals surface area contributed by atoms with Crippen molar-refractivity contribution in [3.05, 3.63) is 23.8 Å². The van der Waals surface area contributed by atoms with Gasteiger partial charge >= 0.3 is 0 Å². The van der Waals surface area contributed by atoms with E-state index in [2.05, 4.69) is 10.6 Å². The van der Waals surface area contributed by atoms with Crippen LogP contribution < -0.4 is 10.6 Å². The lowest BCUT2D eigenvalue weighted by molar-refractivity contribution is -0.125. The van der Waals surface area contributed by atoms with Gasteiger partial charge in [0, 0.05) is 11.4 Å². The summed E-state index contributed by atoms with van der Waals surface area (Å²) in [6.45, 7) is 4.62. The summed E-state index contributed by atoms with van der Waals surface area (Å²) < 4.78 is 0. The number of Topliss-reactive ketones (excluding diaryl/α,β-unsaturated/α-hetero) is 2. The van der Waals surface area contributed by atoms with Crippen LogP contribution in [0.1, 0.15) is 39.2 Å². The van der Waals surface area contributed by atoms with E-state index >= 15 is 0 Å². The SMILES string of the molecule is CCc1cc(NC(=O)CC(C)=O)ccc1NC(=O)CC(C)=O. The van der Waals surface area contributed by atoms with Crippen LogP contribution in [0.25, 0.3) is 0 Å². The Morgan fingerprint density at radius 2 is 1.45 bits per heavy atom. The molecule has 0 saturated heterocycles. The third-order valence-electron chi connectivity index (χ3n) is 2.86. The molecule has 1 aromatic rings. The van der Waals surface area contributed by atoms with Crippen molar-refractivity contribution in [2.24, 2.45) is 0 Å². The highest BCUT2D eigenvalue weighted by atomic mass is 16.2. The Morgan fingerprint density at radius 3 is 1.95 bits per heavy atom. The van der Waals surface area contributed by atoms with E-state index < -0.39 is 0 Å². The fourth-order valence-corrected chi connectivity index (χ4v) is 1.94. The van der Waals surface area contributed by atoms with Gasteiger partial charge in [-0.2, -0.15) is 0 Å². The van der Waals surface area contributed by atoms with Gasteiger partial charge in [0.1, 0.15) is 11.6 Å². The summed E-state index contributed by atoms with van der Waals surface area (Å²) in [7, 11) is 0. The summed E-state index contributed by atoms with van der Waals surface area (Å²) in [4.78, 5) is 45.0. The zero-order valence-corrected chi connectivity index (χ0v) is 13.0. The summed E-state index contributed by atoms with van der Waals surface area (Å²) in [5.74, 6) is -1.15. The van der Waals surface area contributed by atoms with Crippen LogP contribution in [0.3, 0.4) is 0 Å². The third kappa shape index (κ3) is 5.87. The van der Waals surface area contributed by atoms with Crippen molar-refractivity contribution >= 4 is 34.8 Å². The molecule has 6 heteroatoms. The second kappa shape index (κ2) is 8.07. The highest BCUT2D eigenvalue weighted by Gasteiger charge is 2.10. The zero-order chi connectivity index (χ0) is 16.7. The normalized spacial score (nSPS) is 9.95. The first-order chi connectivity index (χ1) is 10.3. The smallest absolute Gasteiger partial charge is 0.231 e. The van der Waals surface area contributed by atoms with Crippen LogP contribution in [0.5, 0.6) is 0 Å². The number of hydrogen-bond acceptors (Lipinski definition) is 4. The number of aryl methyl sites for hydroxylation is 1. The van der Waals surface area contributed by atoms with Crippen LogP contribution in [0.15, 0.2) is 18.2 Å². The minimum atomic E-state index is -0.372. The molecule has 0 spiro atoms. The van der Waals surface area contributed by atoms with Crippen LogP contribution in [-0.4, -0.2) is 23.4 Å². The van der Waals surface area contributed by atoms with Gasteiger partial charge in [0.05, 0.1) is 12.8 Å².